The molecule has 0 bridgehead atoms. The van der Waals surface area contributed by atoms with Gasteiger partial charge in [-0.25, -0.2) is 9.97 Å². The van der Waals surface area contributed by atoms with Gasteiger partial charge in [0.1, 0.15) is 11.6 Å². The van der Waals surface area contributed by atoms with Crippen molar-refractivity contribution in [2.24, 2.45) is 0 Å². The van der Waals surface area contributed by atoms with Crippen molar-refractivity contribution in [3.8, 4) is 0 Å². The Kier molecular flexibility index (Phi) is 3.34. The number of nitrogens with two attached hydrogens (primary N) is 2. The fourth-order valence-corrected chi connectivity index (χ4v) is 2.06. The lowest BCUT2D eigenvalue weighted by atomic mass is 10.1. The maximum atomic E-state index is 11.8. The fourth-order valence-electron chi connectivity index (χ4n) is 1.50. The molecule has 0 saturated heterocycles. The zero-order valence-corrected chi connectivity index (χ0v) is 9.91. The average molecular weight is 248 g/mol. The highest BCUT2D eigenvalue weighted by Gasteiger charge is 2.08. The Morgan fingerprint density at radius 1 is 1.35 bits per heavy atom. The second-order valence-electron chi connectivity index (χ2n) is 3.66. The minimum atomic E-state index is 0.0842. The molecule has 5 nitrogen and oxygen atoms in total. The quantitative estimate of drug-likeness (QED) is 0.843. The first-order valence-electron chi connectivity index (χ1n) is 5.05. The highest BCUT2D eigenvalue weighted by Crippen LogP contribution is 2.13. The van der Waals surface area contributed by atoms with Crippen molar-refractivity contribution < 1.29 is 4.79 Å². The number of aromatic nitrogens is 2. The van der Waals surface area contributed by atoms with Crippen molar-refractivity contribution in [1.82, 2.24) is 9.97 Å². The van der Waals surface area contributed by atoms with E-state index in [1.165, 1.54) is 11.3 Å². The number of rotatable bonds is 4. The summed E-state index contributed by atoms with van der Waals surface area (Å²) in [4.78, 5) is 19.7. The molecule has 2 rings (SSSR count). The Bertz CT molecular complexity index is 538. The van der Waals surface area contributed by atoms with Crippen LogP contribution in [0.4, 0.5) is 10.9 Å². The highest BCUT2D eigenvalue weighted by molar-refractivity contribution is 7.13. The predicted octanol–water partition coefficient (Wildman–Crippen LogP) is 1.06. The van der Waals surface area contributed by atoms with Gasteiger partial charge in [0.2, 0.25) is 0 Å². The minimum Gasteiger partial charge on any atom is -0.384 e. The number of ketones is 1. The molecule has 17 heavy (non-hydrogen) atoms. The molecule has 4 N–H and O–H groups in total. The minimum absolute atomic E-state index is 0.0842. The van der Waals surface area contributed by atoms with Crippen molar-refractivity contribution >= 4 is 28.1 Å². The molecule has 0 spiro atoms. The van der Waals surface area contributed by atoms with Gasteiger partial charge in [-0.3, -0.25) is 4.79 Å². The Hall–Kier alpha value is -1.95. The van der Waals surface area contributed by atoms with E-state index in [9.17, 15) is 4.79 Å². The zero-order chi connectivity index (χ0) is 12.3. The molecule has 0 aromatic carbocycles. The van der Waals surface area contributed by atoms with Crippen LogP contribution in [0.5, 0.6) is 0 Å². The summed E-state index contributed by atoms with van der Waals surface area (Å²) in [5.41, 5.74) is 12.6. The predicted molar refractivity (Wildman–Crippen MR) is 67.6 cm³/mol. The van der Waals surface area contributed by atoms with Gasteiger partial charge in [0.15, 0.2) is 5.13 Å². The normalized spacial score (nSPS) is 10.4. The second-order valence-corrected chi connectivity index (χ2v) is 4.55. The molecule has 0 saturated carbocycles. The molecule has 2 heterocycles. The molecular weight excluding hydrogens is 236 g/mol. The van der Waals surface area contributed by atoms with Crippen LogP contribution in [-0.4, -0.2) is 15.8 Å². The summed E-state index contributed by atoms with van der Waals surface area (Å²) in [7, 11) is 0. The number of nitrogens with zero attached hydrogens (tertiary/aromatic N) is 2. The third-order valence-electron chi connectivity index (χ3n) is 2.19. The second kappa shape index (κ2) is 4.92. The van der Waals surface area contributed by atoms with E-state index in [-0.39, 0.29) is 5.78 Å². The van der Waals surface area contributed by atoms with E-state index < -0.39 is 0 Å². The topological polar surface area (TPSA) is 94.9 Å². The molecule has 0 fully saturated rings. The van der Waals surface area contributed by atoms with Gasteiger partial charge in [-0.15, -0.1) is 11.3 Å². The zero-order valence-electron chi connectivity index (χ0n) is 9.09. The first-order chi connectivity index (χ1) is 8.13. The molecule has 0 aliphatic carbocycles. The highest BCUT2D eigenvalue weighted by atomic mass is 32.1. The summed E-state index contributed by atoms with van der Waals surface area (Å²) in [5, 5.41) is 2.29. The fraction of sp³-hybridized carbons (Fsp3) is 0.182. The molecule has 0 aliphatic heterocycles. The maximum absolute atomic E-state index is 11.8. The summed E-state index contributed by atoms with van der Waals surface area (Å²) >= 11 is 1.34. The van der Waals surface area contributed by atoms with Gasteiger partial charge in [-0.2, -0.15) is 0 Å². The van der Waals surface area contributed by atoms with Gasteiger partial charge in [0.25, 0.3) is 0 Å². The lowest BCUT2D eigenvalue weighted by Gasteiger charge is -2.00. The smallest absolute Gasteiger partial charge is 0.180 e. The van der Waals surface area contributed by atoms with E-state index in [2.05, 4.69) is 9.97 Å². The Morgan fingerprint density at radius 2 is 2.18 bits per heavy atom. The van der Waals surface area contributed by atoms with Gasteiger partial charge < -0.3 is 11.5 Å². The lowest BCUT2D eigenvalue weighted by Crippen LogP contribution is -2.07. The summed E-state index contributed by atoms with van der Waals surface area (Å²) in [6, 6.07) is 3.48. The van der Waals surface area contributed by atoms with Gasteiger partial charge in [-0.1, -0.05) is 0 Å². The van der Waals surface area contributed by atoms with Crippen molar-refractivity contribution in [2.45, 2.75) is 12.8 Å². The number of pyridine rings is 1. The van der Waals surface area contributed by atoms with Crippen LogP contribution < -0.4 is 11.5 Å². The largest absolute Gasteiger partial charge is 0.384 e. The summed E-state index contributed by atoms with van der Waals surface area (Å²) in [6.45, 7) is 0. The van der Waals surface area contributed by atoms with Crippen LogP contribution >= 0.6 is 11.3 Å². The lowest BCUT2D eigenvalue weighted by molar-refractivity contribution is -0.117. The Morgan fingerprint density at radius 3 is 2.82 bits per heavy atom. The average Bonchev–Trinajstić information content (AvgIpc) is 2.63. The van der Waals surface area contributed by atoms with Gasteiger partial charge in [0, 0.05) is 24.4 Å². The Balaban J connectivity index is 1.98. The summed E-state index contributed by atoms with van der Waals surface area (Å²) in [6.07, 6.45) is 2.23. The van der Waals surface area contributed by atoms with Crippen LogP contribution in [-0.2, 0) is 17.6 Å². The molecule has 0 aliphatic rings. The number of nitrogen functional groups attached to an aromatic ring is 2. The van der Waals surface area contributed by atoms with Crippen LogP contribution in [0.15, 0.2) is 23.7 Å². The van der Waals surface area contributed by atoms with Gasteiger partial charge >= 0.3 is 0 Å². The van der Waals surface area contributed by atoms with Gasteiger partial charge in [0.05, 0.1) is 5.69 Å². The van der Waals surface area contributed by atoms with Crippen LogP contribution in [0.1, 0.15) is 11.3 Å². The van der Waals surface area contributed by atoms with E-state index in [0.29, 0.717) is 23.8 Å². The molecule has 2 aromatic heterocycles. The molecule has 0 atom stereocenters. The molecule has 6 heteroatoms. The number of carbonyl (C=O) groups excluding carboxylic acids is 1. The molecule has 88 valence electrons. The SMILES string of the molecule is Nc1cc(CC(=O)Cc2csc(N)n2)ccn1. The summed E-state index contributed by atoms with van der Waals surface area (Å²) < 4.78 is 0. The molecule has 0 amide bonds. The van der Waals surface area contributed by atoms with E-state index in [1.54, 1.807) is 23.7 Å². The van der Waals surface area contributed by atoms with Crippen molar-refractivity contribution in [3.63, 3.8) is 0 Å². The van der Waals surface area contributed by atoms with Crippen molar-refractivity contribution in [1.29, 1.82) is 0 Å². The summed E-state index contributed by atoms with van der Waals surface area (Å²) in [5.74, 6) is 0.508. The maximum Gasteiger partial charge on any atom is 0.180 e. The van der Waals surface area contributed by atoms with Crippen LogP contribution in [0.25, 0.3) is 0 Å². The number of hydrogen-bond acceptors (Lipinski definition) is 6. The van der Waals surface area contributed by atoms with E-state index in [0.717, 1.165) is 11.3 Å². The van der Waals surface area contributed by atoms with Crippen LogP contribution in [0.2, 0.25) is 0 Å². The number of carbonyl (C=O) groups is 1. The number of thiazole rings is 1. The van der Waals surface area contributed by atoms with Crippen LogP contribution in [0, 0.1) is 0 Å². The van der Waals surface area contributed by atoms with Crippen molar-refractivity contribution in [3.05, 3.63) is 35.0 Å². The standard InChI is InChI=1S/C11H12N4OS/c12-10-4-7(1-2-14-10)3-9(16)5-8-6-17-11(13)15-8/h1-2,4,6H,3,5H2,(H2,12,14)(H2,13,15). The van der Waals surface area contributed by atoms with Crippen molar-refractivity contribution in [2.75, 3.05) is 11.5 Å². The van der Waals surface area contributed by atoms with Gasteiger partial charge in [-0.05, 0) is 17.7 Å². The van der Waals surface area contributed by atoms with Crippen LogP contribution in [0.3, 0.4) is 0 Å². The molecular formula is C11H12N4OS. The third-order valence-corrected chi connectivity index (χ3v) is 2.92. The van der Waals surface area contributed by atoms with E-state index >= 15 is 0 Å². The molecule has 2 aromatic rings. The first-order valence-corrected chi connectivity index (χ1v) is 5.93. The van der Waals surface area contributed by atoms with E-state index in [4.69, 9.17) is 11.5 Å². The molecule has 0 radical (unpaired) electrons. The molecule has 0 unspecified atom stereocenters. The number of anilines is 2. The monoisotopic (exact) mass is 248 g/mol. The van der Waals surface area contributed by atoms with E-state index in [1.807, 2.05) is 0 Å². The first kappa shape index (κ1) is 11.5. The number of Topliss-reactive ketones (excluding diaryl/α,β-unsaturated/α-hetero) is 1. The Labute approximate surface area is 103 Å². The number of hydrogen-bond donors (Lipinski definition) is 2. The third kappa shape index (κ3) is 3.25.